The molecule has 0 radical (unpaired) electrons. The monoisotopic (exact) mass is 196 g/mol. The highest BCUT2D eigenvalue weighted by Gasteiger charge is 2.45. The average molecular weight is 196 g/mol. The zero-order valence-corrected chi connectivity index (χ0v) is 7.44. The van der Waals surface area contributed by atoms with Gasteiger partial charge in [-0.05, 0) is 5.92 Å². The van der Waals surface area contributed by atoms with E-state index in [4.69, 9.17) is 0 Å². The van der Waals surface area contributed by atoms with Crippen LogP contribution in [0.1, 0.15) is 20.3 Å². The van der Waals surface area contributed by atoms with Gasteiger partial charge in [0.25, 0.3) is 0 Å². The second-order valence-electron chi connectivity index (χ2n) is 3.15. The van der Waals surface area contributed by atoms with E-state index in [0.29, 0.717) is 0 Å². The zero-order valence-electron chi connectivity index (χ0n) is 7.44. The molecule has 0 aromatic heterocycles. The molecule has 0 N–H and O–H groups in total. The summed E-state index contributed by atoms with van der Waals surface area (Å²) in [5, 5.41) is 0. The molecule has 0 unspecified atom stereocenters. The summed E-state index contributed by atoms with van der Waals surface area (Å²) in [5.41, 5.74) is 0. The van der Waals surface area contributed by atoms with Crippen molar-refractivity contribution in [3.05, 3.63) is 0 Å². The first-order chi connectivity index (χ1) is 5.82. The van der Waals surface area contributed by atoms with E-state index in [1.807, 2.05) is 0 Å². The van der Waals surface area contributed by atoms with E-state index in [9.17, 15) is 22.8 Å². The molecule has 0 atom stereocenters. The maximum atomic E-state index is 12.6. The van der Waals surface area contributed by atoms with Crippen molar-refractivity contribution >= 4 is 11.6 Å². The minimum Gasteiger partial charge on any atom is -0.292 e. The van der Waals surface area contributed by atoms with Gasteiger partial charge in [-0.3, -0.25) is 9.59 Å². The summed E-state index contributed by atoms with van der Waals surface area (Å²) in [6.07, 6.45) is -0.418. The van der Waals surface area contributed by atoms with Crippen LogP contribution in [-0.4, -0.2) is 24.2 Å². The Morgan fingerprint density at radius 3 is 2.00 bits per heavy atom. The van der Waals surface area contributed by atoms with E-state index >= 15 is 0 Å². The zero-order chi connectivity index (χ0) is 10.6. The van der Waals surface area contributed by atoms with Gasteiger partial charge in [0.1, 0.15) is 0 Å². The smallest absolute Gasteiger partial charge is 0.292 e. The van der Waals surface area contributed by atoms with Crippen molar-refractivity contribution < 1.29 is 22.8 Å². The third-order valence-corrected chi connectivity index (χ3v) is 1.42. The Labute approximate surface area is 74.1 Å². The summed E-state index contributed by atoms with van der Waals surface area (Å²) in [6.45, 7) is 1.32. The number of halogens is 3. The molecule has 0 aliphatic carbocycles. The molecule has 0 amide bonds. The molecule has 5 heteroatoms. The normalized spacial score (nSPS) is 11.8. The lowest BCUT2D eigenvalue weighted by Gasteiger charge is -2.12. The molecule has 0 heterocycles. The molecule has 0 aliphatic heterocycles. The molecule has 0 aromatic rings. The molecule has 2 nitrogen and oxygen atoms in total. The van der Waals surface area contributed by atoms with Crippen LogP contribution in [-0.2, 0) is 9.59 Å². The van der Waals surface area contributed by atoms with Crippen LogP contribution >= 0.6 is 0 Å². The second-order valence-corrected chi connectivity index (χ2v) is 3.15. The number of carbonyl (C=O) groups excluding carboxylic acids is 2. The summed E-state index contributed by atoms with van der Waals surface area (Å²) in [4.78, 5) is 21.0. The fourth-order valence-corrected chi connectivity index (χ4v) is 0.738. The fourth-order valence-electron chi connectivity index (χ4n) is 0.738. The van der Waals surface area contributed by atoms with Crippen molar-refractivity contribution in [2.75, 3.05) is 6.67 Å². The Morgan fingerprint density at radius 2 is 1.69 bits per heavy atom. The first-order valence-corrected chi connectivity index (χ1v) is 3.82. The predicted molar refractivity (Wildman–Crippen MR) is 40.4 cm³/mol. The largest absolute Gasteiger partial charge is 0.365 e. The van der Waals surface area contributed by atoms with Crippen molar-refractivity contribution in [2.45, 2.75) is 26.2 Å². The highest BCUT2D eigenvalue weighted by Crippen LogP contribution is 2.20. The molecular formula is C8H11F3O2. The van der Waals surface area contributed by atoms with Crippen LogP contribution in [0.3, 0.4) is 0 Å². The van der Waals surface area contributed by atoms with Gasteiger partial charge in [0.05, 0.1) is 0 Å². The van der Waals surface area contributed by atoms with Crippen LogP contribution in [0.4, 0.5) is 13.2 Å². The number of ketones is 2. The number of hydrogen-bond donors (Lipinski definition) is 0. The molecule has 0 fully saturated rings. The minimum absolute atomic E-state index is 0.272. The maximum Gasteiger partial charge on any atom is 0.365 e. The van der Waals surface area contributed by atoms with E-state index in [0.717, 1.165) is 0 Å². The highest BCUT2D eigenvalue weighted by atomic mass is 19.3. The van der Waals surface area contributed by atoms with Crippen molar-refractivity contribution in [1.29, 1.82) is 0 Å². The van der Waals surface area contributed by atoms with Crippen LogP contribution in [0.15, 0.2) is 0 Å². The van der Waals surface area contributed by atoms with Crippen LogP contribution in [0.5, 0.6) is 0 Å². The first kappa shape index (κ1) is 12.1. The van der Waals surface area contributed by atoms with Crippen molar-refractivity contribution in [1.82, 2.24) is 0 Å². The lowest BCUT2D eigenvalue weighted by molar-refractivity contribution is -0.157. The lowest BCUT2D eigenvalue weighted by atomic mass is 10.0. The van der Waals surface area contributed by atoms with E-state index in [1.54, 1.807) is 13.8 Å². The number of Topliss-reactive ketones (excluding diaryl/α,β-unsaturated/α-hetero) is 2. The van der Waals surface area contributed by atoms with E-state index in [-0.39, 0.29) is 5.92 Å². The second kappa shape index (κ2) is 4.39. The SMILES string of the molecule is CC(C)CC(=O)C(F)(F)C(=O)CF. The van der Waals surface area contributed by atoms with Crippen LogP contribution in [0.25, 0.3) is 0 Å². The molecule has 0 saturated heterocycles. The summed E-state index contributed by atoms with van der Waals surface area (Å²) in [6, 6.07) is 0. The van der Waals surface area contributed by atoms with Gasteiger partial charge in [-0.1, -0.05) is 13.8 Å². The molecule has 0 rings (SSSR count). The first-order valence-electron chi connectivity index (χ1n) is 3.82. The third-order valence-electron chi connectivity index (χ3n) is 1.42. The van der Waals surface area contributed by atoms with Crippen LogP contribution in [0.2, 0.25) is 0 Å². The molecule has 0 aromatic carbocycles. The minimum atomic E-state index is -4.15. The molecule has 0 bridgehead atoms. The molecule has 0 saturated carbocycles. The van der Waals surface area contributed by atoms with E-state index < -0.39 is 30.6 Å². The number of alkyl halides is 3. The lowest BCUT2D eigenvalue weighted by Crippen LogP contribution is -2.39. The van der Waals surface area contributed by atoms with Gasteiger partial charge in [0.2, 0.25) is 11.6 Å². The Balaban J connectivity index is 4.45. The molecule has 13 heavy (non-hydrogen) atoms. The van der Waals surface area contributed by atoms with Gasteiger partial charge in [-0.25, -0.2) is 4.39 Å². The molecule has 0 spiro atoms. The summed E-state index contributed by atoms with van der Waals surface area (Å²) >= 11 is 0. The van der Waals surface area contributed by atoms with Crippen molar-refractivity contribution in [3.63, 3.8) is 0 Å². The van der Waals surface area contributed by atoms with Crippen molar-refractivity contribution in [3.8, 4) is 0 Å². The van der Waals surface area contributed by atoms with Gasteiger partial charge in [-0.15, -0.1) is 0 Å². The quantitative estimate of drug-likeness (QED) is 0.628. The van der Waals surface area contributed by atoms with Gasteiger partial charge in [0, 0.05) is 6.42 Å². The van der Waals surface area contributed by atoms with Gasteiger partial charge in [0.15, 0.2) is 6.67 Å². The Morgan fingerprint density at radius 1 is 1.23 bits per heavy atom. The van der Waals surface area contributed by atoms with Gasteiger partial charge in [-0.2, -0.15) is 8.78 Å². The molecular weight excluding hydrogens is 185 g/mol. The highest BCUT2D eigenvalue weighted by molar-refractivity contribution is 6.08. The van der Waals surface area contributed by atoms with Crippen LogP contribution in [0, 0.1) is 5.92 Å². The molecule has 76 valence electrons. The van der Waals surface area contributed by atoms with Crippen molar-refractivity contribution in [2.24, 2.45) is 5.92 Å². The Hall–Kier alpha value is -0.870. The van der Waals surface area contributed by atoms with Gasteiger partial charge < -0.3 is 0 Å². The predicted octanol–water partition coefficient (Wildman–Crippen LogP) is 1.78. The van der Waals surface area contributed by atoms with E-state index in [1.165, 1.54) is 0 Å². The fraction of sp³-hybridized carbons (Fsp3) is 0.750. The Kier molecular flexibility index (Phi) is 4.10. The standard InChI is InChI=1S/C8H11F3O2/c1-5(2)3-6(12)8(10,11)7(13)4-9/h5H,3-4H2,1-2H3. The topological polar surface area (TPSA) is 34.1 Å². The Bertz CT molecular complexity index is 211. The number of rotatable bonds is 5. The number of hydrogen-bond acceptors (Lipinski definition) is 2. The third kappa shape index (κ3) is 3.16. The summed E-state index contributed by atoms with van der Waals surface area (Å²) in [5.74, 6) is -7.90. The van der Waals surface area contributed by atoms with Crippen LogP contribution < -0.4 is 0 Å². The summed E-state index contributed by atoms with van der Waals surface area (Å²) in [7, 11) is 0. The van der Waals surface area contributed by atoms with E-state index in [2.05, 4.69) is 0 Å². The molecule has 0 aliphatic rings. The average Bonchev–Trinajstić information content (AvgIpc) is 2.01. The maximum absolute atomic E-state index is 12.6. The number of carbonyl (C=O) groups is 2. The van der Waals surface area contributed by atoms with Gasteiger partial charge >= 0.3 is 5.92 Å². The summed E-state index contributed by atoms with van der Waals surface area (Å²) < 4.78 is 36.9.